The summed E-state index contributed by atoms with van der Waals surface area (Å²) in [4.78, 5) is 16.3. The van der Waals surface area contributed by atoms with E-state index in [4.69, 9.17) is 4.74 Å². The lowest BCUT2D eigenvalue weighted by Gasteiger charge is -2.24. The molecule has 1 aliphatic rings. The fraction of sp³-hybridized carbons (Fsp3) is 0.636. The largest absolute Gasteiger partial charge is 0.493 e. The SMILES string of the molecule is CCCOc1ccc(CN=C(NCC)NCCCNC(=O)C2CCC2)c(OC(F)F)c1. The molecule has 7 nitrogen and oxygen atoms in total. The Morgan fingerprint density at radius 2 is 1.97 bits per heavy atom. The first-order valence-electron chi connectivity index (χ1n) is 11.0. The van der Waals surface area contributed by atoms with E-state index in [-0.39, 0.29) is 24.1 Å². The maximum Gasteiger partial charge on any atom is 0.387 e. The Kier molecular flexibility index (Phi) is 10.9. The zero-order valence-electron chi connectivity index (χ0n) is 18.4. The number of alkyl halides is 2. The van der Waals surface area contributed by atoms with Crippen LogP contribution in [0.2, 0.25) is 0 Å². The summed E-state index contributed by atoms with van der Waals surface area (Å²) in [5.74, 6) is 1.45. The number of nitrogens with zero attached hydrogens (tertiary/aromatic N) is 1. The molecule has 0 spiro atoms. The zero-order valence-corrected chi connectivity index (χ0v) is 18.4. The van der Waals surface area contributed by atoms with Gasteiger partial charge in [0.25, 0.3) is 0 Å². The number of guanidine groups is 1. The minimum atomic E-state index is -2.93. The molecule has 1 aromatic carbocycles. The molecule has 0 atom stereocenters. The molecule has 0 aromatic heterocycles. The predicted molar refractivity (Wildman–Crippen MR) is 117 cm³/mol. The lowest BCUT2D eigenvalue weighted by Crippen LogP contribution is -2.39. The first-order chi connectivity index (χ1) is 15.0. The second kappa shape index (κ2) is 13.7. The van der Waals surface area contributed by atoms with Crippen LogP contribution in [-0.4, -0.2) is 44.7 Å². The van der Waals surface area contributed by atoms with Gasteiger partial charge in [-0.05, 0) is 44.7 Å². The van der Waals surface area contributed by atoms with Gasteiger partial charge in [-0.25, -0.2) is 4.99 Å². The van der Waals surface area contributed by atoms with Crippen molar-refractivity contribution in [1.82, 2.24) is 16.0 Å². The third-order valence-electron chi connectivity index (χ3n) is 4.90. The monoisotopic (exact) mass is 440 g/mol. The van der Waals surface area contributed by atoms with E-state index >= 15 is 0 Å². The molecule has 1 saturated carbocycles. The number of carbonyl (C=O) groups excluding carboxylic acids is 1. The first kappa shape index (κ1) is 24.7. The second-order valence-corrected chi connectivity index (χ2v) is 7.39. The van der Waals surface area contributed by atoms with Crippen LogP contribution in [0.15, 0.2) is 23.2 Å². The molecule has 0 unspecified atom stereocenters. The van der Waals surface area contributed by atoms with Gasteiger partial charge in [-0.1, -0.05) is 13.3 Å². The van der Waals surface area contributed by atoms with E-state index in [2.05, 4.69) is 25.7 Å². The van der Waals surface area contributed by atoms with Gasteiger partial charge in [0.2, 0.25) is 5.91 Å². The van der Waals surface area contributed by atoms with Crippen molar-refractivity contribution in [2.45, 2.75) is 59.1 Å². The quantitative estimate of drug-likeness (QED) is 0.249. The molecule has 3 N–H and O–H groups in total. The molecule has 0 radical (unpaired) electrons. The van der Waals surface area contributed by atoms with E-state index in [0.29, 0.717) is 43.5 Å². The Labute approximate surface area is 183 Å². The molecular weight excluding hydrogens is 406 g/mol. The summed E-state index contributed by atoms with van der Waals surface area (Å²) in [5, 5.41) is 9.28. The molecule has 1 aliphatic carbocycles. The Morgan fingerprint density at radius 3 is 2.61 bits per heavy atom. The van der Waals surface area contributed by atoms with Crippen molar-refractivity contribution in [3.8, 4) is 11.5 Å². The number of aliphatic imine (C=N–C) groups is 1. The summed E-state index contributed by atoms with van der Waals surface area (Å²) in [7, 11) is 0. The molecule has 1 aromatic rings. The minimum absolute atomic E-state index is 0.0573. The van der Waals surface area contributed by atoms with Gasteiger partial charge in [0.05, 0.1) is 13.2 Å². The highest BCUT2D eigenvalue weighted by atomic mass is 19.3. The second-order valence-electron chi connectivity index (χ2n) is 7.39. The predicted octanol–water partition coefficient (Wildman–Crippen LogP) is 3.44. The summed E-state index contributed by atoms with van der Waals surface area (Å²) in [6.07, 6.45) is 4.69. The maximum atomic E-state index is 12.8. The van der Waals surface area contributed by atoms with E-state index in [1.807, 2.05) is 13.8 Å². The third-order valence-corrected chi connectivity index (χ3v) is 4.90. The summed E-state index contributed by atoms with van der Waals surface area (Å²) < 4.78 is 35.8. The highest BCUT2D eigenvalue weighted by Gasteiger charge is 2.24. The van der Waals surface area contributed by atoms with Gasteiger partial charge in [0.1, 0.15) is 11.5 Å². The number of hydrogen-bond acceptors (Lipinski definition) is 4. The Morgan fingerprint density at radius 1 is 1.19 bits per heavy atom. The number of rotatable bonds is 13. The maximum absolute atomic E-state index is 12.8. The first-order valence-corrected chi connectivity index (χ1v) is 11.0. The average Bonchev–Trinajstić information content (AvgIpc) is 2.69. The van der Waals surface area contributed by atoms with Crippen LogP contribution in [0.25, 0.3) is 0 Å². The van der Waals surface area contributed by atoms with Crippen LogP contribution in [0.1, 0.15) is 51.5 Å². The van der Waals surface area contributed by atoms with Crippen LogP contribution in [0.4, 0.5) is 8.78 Å². The average molecular weight is 441 g/mol. The van der Waals surface area contributed by atoms with Gasteiger partial charge >= 0.3 is 6.61 Å². The minimum Gasteiger partial charge on any atom is -0.493 e. The van der Waals surface area contributed by atoms with E-state index in [1.165, 1.54) is 6.07 Å². The standard InChI is InChI=1S/C22H34F2N4O3/c1-3-13-30-18-10-9-17(19(14-18)31-21(23)24)15-28-22(25-4-2)27-12-6-11-26-20(29)16-7-5-8-16/h9-10,14,16,21H,3-8,11-13,15H2,1-2H3,(H,26,29)(H2,25,27,28). The van der Waals surface area contributed by atoms with Gasteiger partial charge in [0, 0.05) is 37.2 Å². The number of halogens is 2. The Balaban J connectivity index is 1.88. The number of ether oxygens (including phenoxy) is 2. The van der Waals surface area contributed by atoms with Crippen molar-refractivity contribution in [2.24, 2.45) is 10.9 Å². The normalized spacial score (nSPS) is 14.2. The van der Waals surface area contributed by atoms with Crippen molar-refractivity contribution >= 4 is 11.9 Å². The summed E-state index contributed by atoms with van der Waals surface area (Å²) >= 11 is 0. The molecule has 0 bridgehead atoms. The van der Waals surface area contributed by atoms with Crippen LogP contribution >= 0.6 is 0 Å². The number of nitrogens with one attached hydrogen (secondary N) is 3. The molecule has 2 rings (SSSR count). The third kappa shape index (κ3) is 8.98. The van der Waals surface area contributed by atoms with Crippen molar-refractivity contribution in [3.05, 3.63) is 23.8 Å². The highest BCUT2D eigenvalue weighted by Crippen LogP contribution is 2.27. The number of carbonyl (C=O) groups is 1. The van der Waals surface area contributed by atoms with Gasteiger partial charge < -0.3 is 25.4 Å². The van der Waals surface area contributed by atoms with Gasteiger partial charge in [-0.2, -0.15) is 8.78 Å². The molecule has 1 amide bonds. The van der Waals surface area contributed by atoms with Crippen molar-refractivity contribution in [1.29, 1.82) is 0 Å². The lowest BCUT2D eigenvalue weighted by atomic mass is 9.85. The molecule has 31 heavy (non-hydrogen) atoms. The summed E-state index contributed by atoms with van der Waals surface area (Å²) in [6.45, 7) is 3.55. The Hall–Kier alpha value is -2.58. The molecule has 174 valence electrons. The van der Waals surface area contributed by atoms with Crippen LogP contribution in [0, 0.1) is 5.92 Å². The zero-order chi connectivity index (χ0) is 22.5. The molecule has 9 heteroatoms. The molecule has 0 saturated heterocycles. The highest BCUT2D eigenvalue weighted by molar-refractivity contribution is 5.80. The van der Waals surface area contributed by atoms with Crippen molar-refractivity contribution < 1.29 is 23.0 Å². The lowest BCUT2D eigenvalue weighted by molar-refractivity contribution is -0.127. The molecule has 0 aliphatic heterocycles. The fourth-order valence-corrected chi connectivity index (χ4v) is 3.01. The van der Waals surface area contributed by atoms with E-state index in [1.54, 1.807) is 12.1 Å². The topological polar surface area (TPSA) is 84.0 Å². The van der Waals surface area contributed by atoms with Crippen LogP contribution in [-0.2, 0) is 11.3 Å². The summed E-state index contributed by atoms with van der Waals surface area (Å²) in [6, 6.07) is 4.88. The number of benzene rings is 1. The van der Waals surface area contributed by atoms with E-state index < -0.39 is 6.61 Å². The Bertz CT molecular complexity index is 712. The number of amides is 1. The van der Waals surface area contributed by atoms with Gasteiger partial charge in [-0.3, -0.25) is 4.79 Å². The van der Waals surface area contributed by atoms with E-state index in [0.717, 1.165) is 32.1 Å². The van der Waals surface area contributed by atoms with Crippen molar-refractivity contribution in [2.75, 3.05) is 26.2 Å². The van der Waals surface area contributed by atoms with Crippen LogP contribution < -0.4 is 25.4 Å². The fourth-order valence-electron chi connectivity index (χ4n) is 3.01. The number of hydrogen-bond donors (Lipinski definition) is 3. The van der Waals surface area contributed by atoms with Crippen LogP contribution in [0.5, 0.6) is 11.5 Å². The van der Waals surface area contributed by atoms with Gasteiger partial charge in [0.15, 0.2) is 5.96 Å². The van der Waals surface area contributed by atoms with E-state index in [9.17, 15) is 13.6 Å². The molecule has 0 heterocycles. The summed E-state index contributed by atoms with van der Waals surface area (Å²) in [5.41, 5.74) is 0.536. The van der Waals surface area contributed by atoms with Crippen LogP contribution in [0.3, 0.4) is 0 Å². The van der Waals surface area contributed by atoms with Crippen molar-refractivity contribution in [3.63, 3.8) is 0 Å². The molecule has 1 fully saturated rings. The van der Waals surface area contributed by atoms with Gasteiger partial charge in [-0.15, -0.1) is 0 Å². The smallest absolute Gasteiger partial charge is 0.387 e. The molecular formula is C22H34F2N4O3.